The lowest BCUT2D eigenvalue weighted by Crippen LogP contribution is -2.30. The zero-order valence-electron chi connectivity index (χ0n) is 11.2. The molecule has 7 heteroatoms. The SMILES string of the molecule is O=C1NC(=Cc2ccc(Br)s2)C(=O)N1Cc1ccc(Cl)cc1. The van der Waals surface area contributed by atoms with Crippen LogP contribution >= 0.6 is 38.9 Å². The number of thiophene rings is 1. The van der Waals surface area contributed by atoms with Crippen LogP contribution in [0.25, 0.3) is 6.08 Å². The third kappa shape index (κ3) is 3.24. The molecule has 1 saturated heterocycles. The first-order valence-corrected chi connectivity index (χ1v) is 8.36. The Morgan fingerprint density at radius 2 is 1.91 bits per heavy atom. The highest BCUT2D eigenvalue weighted by molar-refractivity contribution is 9.11. The van der Waals surface area contributed by atoms with Crippen molar-refractivity contribution < 1.29 is 9.59 Å². The molecule has 22 heavy (non-hydrogen) atoms. The van der Waals surface area contributed by atoms with Crippen LogP contribution < -0.4 is 5.32 Å². The number of imide groups is 1. The normalized spacial score (nSPS) is 16.5. The maximum atomic E-state index is 12.3. The molecule has 0 atom stereocenters. The second-order valence-corrected chi connectivity index (χ2v) is 7.58. The molecule has 3 rings (SSSR count). The van der Waals surface area contributed by atoms with Gasteiger partial charge in [0.25, 0.3) is 5.91 Å². The predicted octanol–water partition coefficient (Wildman–Crippen LogP) is 4.26. The molecule has 112 valence electrons. The van der Waals surface area contributed by atoms with Crippen LogP contribution in [-0.2, 0) is 11.3 Å². The van der Waals surface area contributed by atoms with Crippen molar-refractivity contribution in [3.05, 3.63) is 61.3 Å². The number of urea groups is 1. The minimum atomic E-state index is -0.415. The minimum Gasteiger partial charge on any atom is -0.303 e. The monoisotopic (exact) mass is 396 g/mol. The number of hydrogen-bond acceptors (Lipinski definition) is 3. The van der Waals surface area contributed by atoms with Crippen molar-refractivity contribution in [3.63, 3.8) is 0 Å². The van der Waals surface area contributed by atoms with E-state index in [2.05, 4.69) is 21.2 Å². The van der Waals surface area contributed by atoms with Gasteiger partial charge in [-0.1, -0.05) is 23.7 Å². The molecule has 1 fully saturated rings. The molecule has 1 aromatic heterocycles. The highest BCUT2D eigenvalue weighted by Crippen LogP contribution is 2.25. The minimum absolute atomic E-state index is 0.216. The van der Waals surface area contributed by atoms with Gasteiger partial charge in [-0.3, -0.25) is 9.69 Å². The quantitative estimate of drug-likeness (QED) is 0.621. The van der Waals surface area contributed by atoms with Crippen molar-refractivity contribution in [1.82, 2.24) is 10.2 Å². The van der Waals surface area contributed by atoms with E-state index in [1.807, 2.05) is 12.1 Å². The highest BCUT2D eigenvalue weighted by Gasteiger charge is 2.33. The molecule has 0 spiro atoms. The van der Waals surface area contributed by atoms with E-state index >= 15 is 0 Å². The molecule has 0 bridgehead atoms. The zero-order valence-corrected chi connectivity index (χ0v) is 14.3. The van der Waals surface area contributed by atoms with Crippen molar-refractivity contribution in [2.24, 2.45) is 0 Å². The van der Waals surface area contributed by atoms with Gasteiger partial charge in [-0.25, -0.2) is 4.79 Å². The summed E-state index contributed by atoms with van der Waals surface area (Å²) >= 11 is 10.7. The molecule has 1 aliphatic rings. The van der Waals surface area contributed by atoms with Crippen molar-refractivity contribution in [2.75, 3.05) is 0 Å². The molecule has 2 heterocycles. The molecule has 0 saturated carbocycles. The van der Waals surface area contributed by atoms with Crippen LogP contribution in [0.2, 0.25) is 5.02 Å². The second-order valence-electron chi connectivity index (χ2n) is 4.65. The number of carbonyl (C=O) groups excluding carboxylic acids is 2. The summed E-state index contributed by atoms with van der Waals surface area (Å²) in [6.07, 6.45) is 1.68. The van der Waals surface area contributed by atoms with E-state index in [0.717, 1.165) is 14.2 Å². The number of nitrogens with one attached hydrogen (secondary N) is 1. The molecule has 2 aromatic rings. The van der Waals surface area contributed by atoms with Gasteiger partial charge in [0, 0.05) is 9.90 Å². The summed E-state index contributed by atoms with van der Waals surface area (Å²) in [5.41, 5.74) is 1.13. The summed E-state index contributed by atoms with van der Waals surface area (Å²) < 4.78 is 0.967. The molecular weight excluding hydrogens is 388 g/mol. The van der Waals surface area contributed by atoms with Gasteiger partial charge < -0.3 is 5.32 Å². The third-order valence-electron chi connectivity index (χ3n) is 3.10. The standard InChI is InChI=1S/C15H10BrClN2O2S/c16-13-6-5-11(22-13)7-12-14(20)19(15(21)18-12)8-9-1-3-10(17)4-2-9/h1-7H,8H2,(H,18,21). The van der Waals surface area contributed by atoms with Crippen LogP contribution in [0.5, 0.6) is 0 Å². The average Bonchev–Trinajstić information content (AvgIpc) is 3.00. The molecule has 0 unspecified atom stereocenters. The zero-order chi connectivity index (χ0) is 15.7. The van der Waals surface area contributed by atoms with Crippen LogP contribution in [0.3, 0.4) is 0 Å². The Labute approximate surface area is 144 Å². The number of halogens is 2. The summed E-state index contributed by atoms with van der Waals surface area (Å²) in [5.74, 6) is -0.329. The number of amides is 3. The average molecular weight is 398 g/mol. The molecule has 1 aliphatic heterocycles. The van der Waals surface area contributed by atoms with E-state index in [-0.39, 0.29) is 18.1 Å². The summed E-state index contributed by atoms with van der Waals surface area (Å²) in [6.45, 7) is 0.216. The lowest BCUT2D eigenvalue weighted by atomic mass is 10.2. The fraction of sp³-hybridized carbons (Fsp3) is 0.0667. The van der Waals surface area contributed by atoms with Gasteiger partial charge in [-0.2, -0.15) is 0 Å². The van der Waals surface area contributed by atoms with Gasteiger partial charge in [0.1, 0.15) is 5.70 Å². The number of hydrogen-bond donors (Lipinski definition) is 1. The Bertz CT molecular complexity index is 770. The van der Waals surface area contributed by atoms with Crippen LogP contribution in [0.4, 0.5) is 4.79 Å². The molecule has 0 aliphatic carbocycles. The van der Waals surface area contributed by atoms with Gasteiger partial charge in [-0.15, -0.1) is 11.3 Å². The Kier molecular flexibility index (Phi) is 4.33. The summed E-state index contributed by atoms with van der Waals surface area (Å²) in [4.78, 5) is 26.4. The number of benzene rings is 1. The molecular formula is C15H10BrClN2O2S. The van der Waals surface area contributed by atoms with Crippen molar-refractivity contribution in [3.8, 4) is 0 Å². The predicted molar refractivity (Wildman–Crippen MR) is 90.5 cm³/mol. The summed E-state index contributed by atoms with van der Waals surface area (Å²) in [6, 6.07) is 10.4. The summed E-state index contributed by atoms with van der Waals surface area (Å²) in [5, 5.41) is 3.22. The van der Waals surface area contributed by atoms with E-state index < -0.39 is 6.03 Å². The molecule has 4 nitrogen and oxygen atoms in total. The Balaban J connectivity index is 1.79. The van der Waals surface area contributed by atoms with E-state index in [4.69, 9.17) is 11.6 Å². The Morgan fingerprint density at radius 3 is 2.55 bits per heavy atom. The van der Waals surface area contributed by atoms with Gasteiger partial charge >= 0.3 is 6.03 Å². The van der Waals surface area contributed by atoms with Gasteiger partial charge in [-0.05, 0) is 51.8 Å². The van der Waals surface area contributed by atoms with Gasteiger partial charge in [0.2, 0.25) is 0 Å². The first-order valence-electron chi connectivity index (χ1n) is 6.37. The Hall–Kier alpha value is -1.63. The van der Waals surface area contributed by atoms with Crippen LogP contribution in [-0.4, -0.2) is 16.8 Å². The fourth-order valence-electron chi connectivity index (χ4n) is 2.04. The number of rotatable bonds is 3. The molecule has 3 amide bonds. The fourth-order valence-corrected chi connectivity index (χ4v) is 3.53. The lowest BCUT2D eigenvalue weighted by molar-refractivity contribution is -0.123. The smallest absolute Gasteiger partial charge is 0.303 e. The highest BCUT2D eigenvalue weighted by atomic mass is 79.9. The van der Waals surface area contributed by atoms with E-state index in [1.165, 1.54) is 16.2 Å². The van der Waals surface area contributed by atoms with Crippen LogP contribution in [0.15, 0.2) is 45.9 Å². The van der Waals surface area contributed by atoms with E-state index in [9.17, 15) is 9.59 Å². The third-order valence-corrected chi connectivity index (χ3v) is 4.92. The van der Waals surface area contributed by atoms with Crippen molar-refractivity contribution in [1.29, 1.82) is 0 Å². The largest absolute Gasteiger partial charge is 0.329 e. The topological polar surface area (TPSA) is 49.4 Å². The first kappa shape index (κ1) is 15.3. The first-order chi connectivity index (χ1) is 10.5. The molecule has 1 N–H and O–H groups in total. The number of carbonyl (C=O) groups is 2. The van der Waals surface area contributed by atoms with Crippen LogP contribution in [0.1, 0.15) is 10.4 Å². The van der Waals surface area contributed by atoms with Crippen molar-refractivity contribution in [2.45, 2.75) is 6.54 Å². The maximum Gasteiger partial charge on any atom is 0.329 e. The maximum absolute atomic E-state index is 12.3. The Morgan fingerprint density at radius 1 is 1.18 bits per heavy atom. The van der Waals surface area contributed by atoms with E-state index in [1.54, 1.807) is 30.3 Å². The lowest BCUT2D eigenvalue weighted by Gasteiger charge is -2.11. The second kappa shape index (κ2) is 6.24. The number of nitrogens with zero attached hydrogens (tertiary/aromatic N) is 1. The van der Waals surface area contributed by atoms with E-state index in [0.29, 0.717) is 5.02 Å². The summed E-state index contributed by atoms with van der Waals surface area (Å²) in [7, 11) is 0. The van der Waals surface area contributed by atoms with Gasteiger partial charge in [0.05, 0.1) is 10.3 Å². The molecule has 1 aromatic carbocycles. The van der Waals surface area contributed by atoms with Crippen LogP contribution in [0, 0.1) is 0 Å². The van der Waals surface area contributed by atoms with Crippen molar-refractivity contribution >= 4 is 56.9 Å². The van der Waals surface area contributed by atoms with Gasteiger partial charge in [0.15, 0.2) is 0 Å². The molecule has 0 radical (unpaired) electrons.